The highest BCUT2D eigenvalue weighted by molar-refractivity contribution is 7.11. The first kappa shape index (κ1) is 9.02. The second-order valence-electron chi connectivity index (χ2n) is 2.94. The number of anilines is 1. The Labute approximate surface area is 86.2 Å². The quantitative estimate of drug-likeness (QED) is 0.768. The van der Waals surface area contributed by atoms with Crippen LogP contribution < -0.4 is 10.5 Å². The SMILES string of the molecule is Cc1ccc(N)c(Oc2nccs2)c1. The summed E-state index contributed by atoms with van der Waals surface area (Å²) in [7, 11) is 0. The van der Waals surface area contributed by atoms with Gasteiger partial charge in [0.15, 0.2) is 5.75 Å². The number of nitrogens with two attached hydrogens (primary N) is 1. The second-order valence-corrected chi connectivity index (χ2v) is 3.80. The first-order valence-corrected chi connectivity index (χ1v) is 5.07. The van der Waals surface area contributed by atoms with Crippen molar-refractivity contribution in [1.82, 2.24) is 4.98 Å². The zero-order valence-corrected chi connectivity index (χ0v) is 8.54. The Bertz CT molecular complexity index is 426. The number of aryl methyl sites for hydroxylation is 1. The first-order valence-electron chi connectivity index (χ1n) is 4.19. The number of aromatic nitrogens is 1. The van der Waals surface area contributed by atoms with E-state index < -0.39 is 0 Å². The van der Waals surface area contributed by atoms with E-state index >= 15 is 0 Å². The molecular weight excluding hydrogens is 196 g/mol. The van der Waals surface area contributed by atoms with E-state index in [-0.39, 0.29) is 0 Å². The molecule has 0 fully saturated rings. The molecule has 0 unspecified atom stereocenters. The second kappa shape index (κ2) is 3.67. The van der Waals surface area contributed by atoms with Crippen LogP contribution in [0.3, 0.4) is 0 Å². The average Bonchev–Trinajstić information content (AvgIpc) is 2.64. The fourth-order valence-electron chi connectivity index (χ4n) is 1.08. The lowest BCUT2D eigenvalue weighted by atomic mass is 10.2. The standard InChI is InChI=1S/C10H10N2OS/c1-7-2-3-8(11)9(6-7)13-10-12-4-5-14-10/h2-6H,11H2,1H3. The summed E-state index contributed by atoms with van der Waals surface area (Å²) in [5.74, 6) is 0.667. The molecule has 0 saturated heterocycles. The van der Waals surface area contributed by atoms with Crippen LogP contribution in [0.4, 0.5) is 5.69 Å². The van der Waals surface area contributed by atoms with E-state index in [1.807, 2.05) is 30.5 Å². The highest BCUT2D eigenvalue weighted by Crippen LogP contribution is 2.29. The van der Waals surface area contributed by atoms with E-state index in [0.29, 0.717) is 16.6 Å². The summed E-state index contributed by atoms with van der Waals surface area (Å²) in [4.78, 5) is 4.02. The molecule has 2 rings (SSSR count). The van der Waals surface area contributed by atoms with Gasteiger partial charge < -0.3 is 10.5 Å². The molecule has 0 aliphatic heterocycles. The lowest BCUT2D eigenvalue weighted by molar-refractivity contribution is 0.481. The molecule has 0 spiro atoms. The van der Waals surface area contributed by atoms with Gasteiger partial charge in [-0.3, -0.25) is 0 Å². The average molecular weight is 206 g/mol. The third-order valence-electron chi connectivity index (χ3n) is 1.78. The molecule has 1 aromatic heterocycles. The van der Waals surface area contributed by atoms with Gasteiger partial charge in [-0.25, -0.2) is 4.98 Å². The predicted molar refractivity (Wildman–Crippen MR) is 57.8 cm³/mol. The van der Waals surface area contributed by atoms with Gasteiger partial charge in [0.05, 0.1) is 5.69 Å². The number of nitrogen functional groups attached to an aromatic ring is 1. The smallest absolute Gasteiger partial charge is 0.278 e. The van der Waals surface area contributed by atoms with E-state index in [2.05, 4.69) is 4.98 Å². The third-order valence-corrected chi connectivity index (χ3v) is 2.42. The van der Waals surface area contributed by atoms with Crippen LogP contribution >= 0.6 is 11.3 Å². The van der Waals surface area contributed by atoms with Crippen LogP contribution in [0, 0.1) is 6.92 Å². The summed E-state index contributed by atoms with van der Waals surface area (Å²) >= 11 is 1.44. The Morgan fingerprint density at radius 2 is 2.29 bits per heavy atom. The minimum absolute atomic E-state index is 0.613. The number of nitrogens with zero attached hydrogens (tertiary/aromatic N) is 1. The maximum atomic E-state index is 5.76. The number of hydrogen-bond donors (Lipinski definition) is 1. The molecule has 0 atom stereocenters. The lowest BCUT2D eigenvalue weighted by Gasteiger charge is -2.05. The molecule has 3 nitrogen and oxygen atoms in total. The third kappa shape index (κ3) is 1.85. The highest BCUT2D eigenvalue weighted by atomic mass is 32.1. The normalized spacial score (nSPS) is 10.1. The molecule has 2 aromatic rings. The van der Waals surface area contributed by atoms with E-state index in [9.17, 15) is 0 Å². The molecule has 4 heteroatoms. The monoisotopic (exact) mass is 206 g/mol. The Morgan fingerprint density at radius 3 is 3.00 bits per heavy atom. The summed E-state index contributed by atoms with van der Waals surface area (Å²) in [6.45, 7) is 1.99. The molecule has 0 aliphatic carbocycles. The molecule has 2 N–H and O–H groups in total. The van der Waals surface area contributed by atoms with E-state index in [4.69, 9.17) is 10.5 Å². The first-order chi connectivity index (χ1) is 6.75. The summed E-state index contributed by atoms with van der Waals surface area (Å²) in [5, 5.41) is 2.48. The van der Waals surface area contributed by atoms with Gasteiger partial charge in [-0.2, -0.15) is 0 Å². The van der Waals surface area contributed by atoms with Crippen molar-refractivity contribution in [2.75, 3.05) is 5.73 Å². The molecule has 0 amide bonds. The van der Waals surface area contributed by atoms with Gasteiger partial charge in [-0.1, -0.05) is 17.4 Å². The summed E-state index contributed by atoms with van der Waals surface area (Å²) in [5.41, 5.74) is 7.50. The molecular formula is C10H10N2OS. The van der Waals surface area contributed by atoms with Crippen molar-refractivity contribution >= 4 is 17.0 Å². The highest BCUT2D eigenvalue weighted by Gasteiger charge is 2.03. The molecule has 0 bridgehead atoms. The summed E-state index contributed by atoms with van der Waals surface area (Å²) in [6, 6.07) is 5.68. The summed E-state index contributed by atoms with van der Waals surface area (Å²) < 4.78 is 5.51. The van der Waals surface area contributed by atoms with Gasteiger partial charge in [-0.15, -0.1) is 0 Å². The van der Waals surface area contributed by atoms with Gasteiger partial charge >= 0.3 is 0 Å². The van der Waals surface area contributed by atoms with Crippen molar-refractivity contribution in [2.24, 2.45) is 0 Å². The van der Waals surface area contributed by atoms with Crippen molar-refractivity contribution in [3.05, 3.63) is 35.3 Å². The van der Waals surface area contributed by atoms with Crippen LogP contribution in [-0.2, 0) is 0 Å². The van der Waals surface area contributed by atoms with E-state index in [1.165, 1.54) is 11.3 Å². The van der Waals surface area contributed by atoms with Crippen LogP contribution in [-0.4, -0.2) is 4.98 Å². The van der Waals surface area contributed by atoms with Crippen LogP contribution in [0.15, 0.2) is 29.8 Å². The number of ether oxygens (including phenoxy) is 1. The Hall–Kier alpha value is -1.55. The van der Waals surface area contributed by atoms with Crippen molar-refractivity contribution in [2.45, 2.75) is 6.92 Å². The molecule has 0 radical (unpaired) electrons. The van der Waals surface area contributed by atoms with E-state index in [1.54, 1.807) is 6.20 Å². The molecule has 0 saturated carbocycles. The molecule has 14 heavy (non-hydrogen) atoms. The number of rotatable bonds is 2. The fraction of sp³-hybridized carbons (Fsp3) is 0.100. The van der Waals surface area contributed by atoms with Crippen LogP contribution in [0.1, 0.15) is 5.56 Å². The van der Waals surface area contributed by atoms with Crippen molar-refractivity contribution in [1.29, 1.82) is 0 Å². The molecule has 1 aromatic carbocycles. The maximum absolute atomic E-state index is 5.76. The number of thiazole rings is 1. The zero-order valence-electron chi connectivity index (χ0n) is 7.73. The van der Waals surface area contributed by atoms with Crippen molar-refractivity contribution in [3.63, 3.8) is 0 Å². The van der Waals surface area contributed by atoms with Crippen LogP contribution in [0.25, 0.3) is 0 Å². The molecule has 0 aliphatic rings. The van der Waals surface area contributed by atoms with Gasteiger partial charge in [-0.05, 0) is 24.6 Å². The predicted octanol–water partition coefficient (Wildman–Crippen LogP) is 2.83. The van der Waals surface area contributed by atoms with Gasteiger partial charge in [0.2, 0.25) is 0 Å². The van der Waals surface area contributed by atoms with Crippen LogP contribution in [0.2, 0.25) is 0 Å². The van der Waals surface area contributed by atoms with Gasteiger partial charge in [0.1, 0.15) is 0 Å². The number of hydrogen-bond acceptors (Lipinski definition) is 4. The van der Waals surface area contributed by atoms with Crippen molar-refractivity contribution < 1.29 is 4.74 Å². The Kier molecular flexibility index (Phi) is 2.37. The molecule has 1 heterocycles. The van der Waals surface area contributed by atoms with Gasteiger partial charge in [0, 0.05) is 11.6 Å². The van der Waals surface area contributed by atoms with Gasteiger partial charge in [0.25, 0.3) is 5.19 Å². The maximum Gasteiger partial charge on any atom is 0.278 e. The largest absolute Gasteiger partial charge is 0.429 e. The lowest BCUT2D eigenvalue weighted by Crippen LogP contribution is -1.91. The molecule has 72 valence electrons. The van der Waals surface area contributed by atoms with Crippen LogP contribution in [0.5, 0.6) is 10.9 Å². The topological polar surface area (TPSA) is 48.1 Å². The Balaban J connectivity index is 2.28. The summed E-state index contributed by atoms with van der Waals surface area (Å²) in [6.07, 6.45) is 1.70. The Morgan fingerprint density at radius 1 is 1.43 bits per heavy atom. The number of benzene rings is 1. The fourth-order valence-corrected chi connectivity index (χ4v) is 1.58. The minimum atomic E-state index is 0.613. The van der Waals surface area contributed by atoms with Crippen molar-refractivity contribution in [3.8, 4) is 10.9 Å². The zero-order chi connectivity index (χ0) is 9.97. The van der Waals surface area contributed by atoms with E-state index in [0.717, 1.165) is 5.56 Å². The minimum Gasteiger partial charge on any atom is -0.429 e.